The van der Waals surface area contributed by atoms with Gasteiger partial charge in [0.25, 0.3) is 0 Å². The molecule has 2 N–H and O–H groups in total. The average molecular weight is 280 g/mol. The number of rotatable bonds is 5. The van der Waals surface area contributed by atoms with Crippen molar-refractivity contribution < 1.29 is 9.90 Å². The van der Waals surface area contributed by atoms with Crippen LogP contribution in [0.5, 0.6) is 0 Å². The Morgan fingerprint density at radius 3 is 3.05 bits per heavy atom. The second-order valence-electron chi connectivity index (χ2n) is 4.20. The third-order valence-corrected chi connectivity index (χ3v) is 3.43. The van der Waals surface area contributed by atoms with Gasteiger partial charge >= 0.3 is 6.03 Å². The van der Waals surface area contributed by atoms with E-state index in [1.165, 1.54) is 0 Å². The SMILES string of the molecule is CCCCNC(=O)N(C)Cc1cc(C#CCO)cs1. The number of nitrogens with zero attached hydrogens (tertiary/aromatic N) is 1. The summed E-state index contributed by atoms with van der Waals surface area (Å²) in [6, 6.07) is 1.90. The number of aliphatic hydroxyl groups is 1. The minimum atomic E-state index is -0.134. The van der Waals surface area contributed by atoms with Gasteiger partial charge in [-0.1, -0.05) is 25.2 Å². The van der Waals surface area contributed by atoms with E-state index in [4.69, 9.17) is 5.11 Å². The normalized spacial score (nSPS) is 9.63. The van der Waals surface area contributed by atoms with Crippen LogP contribution in [0, 0.1) is 11.8 Å². The summed E-state index contributed by atoms with van der Waals surface area (Å²) in [5, 5.41) is 13.4. The van der Waals surface area contributed by atoms with E-state index in [2.05, 4.69) is 24.1 Å². The summed E-state index contributed by atoms with van der Waals surface area (Å²) < 4.78 is 0. The summed E-state index contributed by atoms with van der Waals surface area (Å²) in [6.45, 7) is 3.25. The number of unbranched alkanes of at least 4 members (excludes halogenated alkanes) is 1. The molecule has 0 aliphatic rings. The molecule has 0 unspecified atom stereocenters. The van der Waals surface area contributed by atoms with Crippen molar-refractivity contribution in [1.29, 1.82) is 0 Å². The van der Waals surface area contributed by atoms with Gasteiger partial charge in [-0.2, -0.15) is 0 Å². The van der Waals surface area contributed by atoms with E-state index >= 15 is 0 Å². The molecule has 5 heteroatoms. The van der Waals surface area contributed by atoms with E-state index in [1.807, 2.05) is 11.4 Å². The summed E-state index contributed by atoms with van der Waals surface area (Å²) in [6.07, 6.45) is 2.07. The highest BCUT2D eigenvalue weighted by Crippen LogP contribution is 2.15. The van der Waals surface area contributed by atoms with Gasteiger partial charge in [0.1, 0.15) is 6.61 Å². The molecular weight excluding hydrogens is 260 g/mol. The first kappa shape index (κ1) is 15.5. The molecule has 0 atom stereocenters. The Balaban J connectivity index is 2.45. The van der Waals surface area contributed by atoms with Crippen molar-refractivity contribution in [2.75, 3.05) is 20.2 Å². The lowest BCUT2D eigenvalue weighted by atomic mass is 10.3. The smallest absolute Gasteiger partial charge is 0.317 e. The van der Waals surface area contributed by atoms with Gasteiger partial charge in [0.05, 0.1) is 6.54 Å². The molecule has 0 aliphatic carbocycles. The van der Waals surface area contributed by atoms with Crippen LogP contribution in [-0.2, 0) is 6.54 Å². The van der Waals surface area contributed by atoms with Gasteiger partial charge in [-0.25, -0.2) is 4.79 Å². The highest BCUT2D eigenvalue weighted by molar-refractivity contribution is 7.10. The Labute approximate surface area is 118 Å². The van der Waals surface area contributed by atoms with Crippen molar-refractivity contribution in [3.63, 3.8) is 0 Å². The highest BCUT2D eigenvalue weighted by atomic mass is 32.1. The minimum Gasteiger partial charge on any atom is -0.384 e. The molecule has 4 nitrogen and oxygen atoms in total. The van der Waals surface area contributed by atoms with Crippen molar-refractivity contribution in [2.24, 2.45) is 0 Å². The third kappa shape index (κ3) is 5.77. The Bertz CT molecular complexity index is 460. The van der Waals surface area contributed by atoms with E-state index in [9.17, 15) is 4.79 Å². The number of thiophene rings is 1. The van der Waals surface area contributed by atoms with Crippen molar-refractivity contribution in [3.05, 3.63) is 21.9 Å². The second kappa shape index (κ2) is 8.57. The van der Waals surface area contributed by atoms with Gasteiger partial charge < -0.3 is 15.3 Å². The molecule has 19 heavy (non-hydrogen) atoms. The van der Waals surface area contributed by atoms with Gasteiger partial charge in [0, 0.05) is 29.4 Å². The van der Waals surface area contributed by atoms with E-state index in [0.29, 0.717) is 6.54 Å². The van der Waals surface area contributed by atoms with Crippen LogP contribution < -0.4 is 5.32 Å². The standard InChI is InChI=1S/C14H20N2O2S/c1-3-4-7-15-14(18)16(2)10-13-9-12(11-19-13)6-5-8-17/h9,11,17H,3-4,7-8,10H2,1-2H3,(H,15,18). The maximum atomic E-state index is 11.8. The van der Waals surface area contributed by atoms with Crippen LogP contribution in [0.1, 0.15) is 30.2 Å². The maximum Gasteiger partial charge on any atom is 0.317 e. The maximum absolute atomic E-state index is 11.8. The second-order valence-corrected chi connectivity index (χ2v) is 5.20. The number of amides is 2. The summed E-state index contributed by atoms with van der Waals surface area (Å²) >= 11 is 1.57. The molecule has 1 heterocycles. The lowest BCUT2D eigenvalue weighted by Gasteiger charge is -2.16. The topological polar surface area (TPSA) is 52.6 Å². The molecule has 0 fully saturated rings. The van der Waals surface area contributed by atoms with Crippen LogP contribution in [0.4, 0.5) is 4.79 Å². The van der Waals surface area contributed by atoms with Crippen LogP contribution >= 0.6 is 11.3 Å². The molecule has 0 saturated heterocycles. The van der Waals surface area contributed by atoms with E-state index in [-0.39, 0.29) is 12.6 Å². The molecule has 0 spiro atoms. The minimum absolute atomic E-state index is 0.0511. The zero-order valence-corrected chi connectivity index (χ0v) is 12.2. The largest absolute Gasteiger partial charge is 0.384 e. The zero-order valence-electron chi connectivity index (χ0n) is 11.4. The summed E-state index contributed by atoms with van der Waals surface area (Å²) in [4.78, 5) is 14.5. The Morgan fingerprint density at radius 2 is 2.37 bits per heavy atom. The third-order valence-electron chi connectivity index (χ3n) is 2.51. The molecule has 2 amide bonds. The number of aliphatic hydroxyl groups excluding tert-OH is 1. The fourth-order valence-electron chi connectivity index (χ4n) is 1.48. The Hall–Kier alpha value is -1.51. The van der Waals surface area contributed by atoms with Crippen LogP contribution in [0.3, 0.4) is 0 Å². The first-order chi connectivity index (χ1) is 9.17. The number of urea groups is 1. The van der Waals surface area contributed by atoms with Crippen molar-refractivity contribution in [2.45, 2.75) is 26.3 Å². The molecule has 1 rings (SSSR count). The van der Waals surface area contributed by atoms with Gasteiger partial charge in [-0.15, -0.1) is 11.3 Å². The monoisotopic (exact) mass is 280 g/mol. The quantitative estimate of drug-likeness (QED) is 0.640. The first-order valence-corrected chi connectivity index (χ1v) is 7.21. The molecule has 0 radical (unpaired) electrons. The summed E-state index contributed by atoms with van der Waals surface area (Å²) in [5.74, 6) is 5.46. The molecule has 1 aromatic rings. The average Bonchev–Trinajstić information content (AvgIpc) is 2.84. The Morgan fingerprint density at radius 1 is 1.58 bits per heavy atom. The van der Waals surface area contributed by atoms with Crippen molar-refractivity contribution in [1.82, 2.24) is 10.2 Å². The molecule has 0 saturated carbocycles. The molecule has 0 aliphatic heterocycles. The summed E-state index contributed by atoms with van der Waals surface area (Å²) in [5.41, 5.74) is 0.883. The number of hydrogen-bond donors (Lipinski definition) is 2. The van der Waals surface area contributed by atoms with Crippen LogP contribution in [0.15, 0.2) is 11.4 Å². The van der Waals surface area contributed by atoms with Crippen LogP contribution in [-0.4, -0.2) is 36.2 Å². The molecule has 104 valence electrons. The van der Waals surface area contributed by atoms with Crippen molar-refractivity contribution in [3.8, 4) is 11.8 Å². The highest BCUT2D eigenvalue weighted by Gasteiger charge is 2.09. The lowest BCUT2D eigenvalue weighted by molar-refractivity contribution is 0.207. The van der Waals surface area contributed by atoms with E-state index in [1.54, 1.807) is 23.3 Å². The van der Waals surface area contributed by atoms with Crippen LogP contribution in [0.25, 0.3) is 0 Å². The Kier molecular flexibility index (Phi) is 7.01. The van der Waals surface area contributed by atoms with Gasteiger partial charge in [-0.3, -0.25) is 0 Å². The predicted molar refractivity (Wildman–Crippen MR) is 78.1 cm³/mol. The lowest BCUT2D eigenvalue weighted by Crippen LogP contribution is -2.37. The van der Waals surface area contributed by atoms with Crippen LogP contribution in [0.2, 0.25) is 0 Å². The van der Waals surface area contributed by atoms with E-state index < -0.39 is 0 Å². The fraction of sp³-hybridized carbons (Fsp3) is 0.500. The predicted octanol–water partition coefficient (Wildman–Crippen LogP) is 2.03. The number of carbonyl (C=O) groups is 1. The molecular formula is C14H20N2O2S. The number of carbonyl (C=O) groups excluding carboxylic acids is 1. The number of nitrogens with one attached hydrogen (secondary N) is 1. The molecule has 1 aromatic heterocycles. The van der Waals surface area contributed by atoms with E-state index in [0.717, 1.165) is 29.8 Å². The van der Waals surface area contributed by atoms with Crippen molar-refractivity contribution >= 4 is 17.4 Å². The zero-order chi connectivity index (χ0) is 14.1. The van der Waals surface area contributed by atoms with Gasteiger partial charge in [0.2, 0.25) is 0 Å². The number of hydrogen-bond acceptors (Lipinski definition) is 3. The van der Waals surface area contributed by atoms with Gasteiger partial charge in [0.15, 0.2) is 0 Å². The van der Waals surface area contributed by atoms with Gasteiger partial charge in [-0.05, 0) is 12.5 Å². The molecule has 0 aromatic carbocycles. The fourth-order valence-corrected chi connectivity index (χ4v) is 2.35. The first-order valence-electron chi connectivity index (χ1n) is 6.33. The summed E-state index contributed by atoms with van der Waals surface area (Å²) in [7, 11) is 1.78. The molecule has 0 bridgehead atoms.